The molecule has 0 aliphatic carbocycles. The molecule has 144 valence electrons. The minimum atomic E-state index is -0.753. The summed E-state index contributed by atoms with van der Waals surface area (Å²) in [5.74, 6) is -1.32. The van der Waals surface area contributed by atoms with Crippen molar-refractivity contribution in [2.75, 3.05) is 11.9 Å². The molecule has 9 heteroatoms. The highest BCUT2D eigenvalue weighted by molar-refractivity contribution is 6.44. The van der Waals surface area contributed by atoms with Gasteiger partial charge in [-0.05, 0) is 31.2 Å². The molecule has 0 saturated carbocycles. The molecule has 3 aromatic rings. The monoisotopic (exact) mass is 437 g/mol. The van der Waals surface area contributed by atoms with Gasteiger partial charge in [0.25, 0.3) is 5.91 Å². The van der Waals surface area contributed by atoms with E-state index in [1.165, 1.54) is 4.68 Å². The van der Waals surface area contributed by atoms with Crippen molar-refractivity contribution in [1.29, 1.82) is 0 Å². The lowest BCUT2D eigenvalue weighted by molar-refractivity contribution is -0.119. The second kappa shape index (κ2) is 8.65. The molecule has 28 heavy (non-hydrogen) atoms. The molecule has 0 aliphatic rings. The lowest BCUT2D eigenvalue weighted by atomic mass is 10.2. The van der Waals surface area contributed by atoms with E-state index in [9.17, 15) is 9.59 Å². The van der Waals surface area contributed by atoms with Gasteiger partial charge in [0, 0.05) is 0 Å². The first-order valence-electron chi connectivity index (χ1n) is 8.10. The summed E-state index contributed by atoms with van der Waals surface area (Å²) in [6, 6.07) is 13.9. The van der Waals surface area contributed by atoms with Gasteiger partial charge >= 0.3 is 5.97 Å². The van der Waals surface area contributed by atoms with Crippen molar-refractivity contribution in [2.24, 2.45) is 0 Å². The number of halogens is 3. The second-order valence-corrected chi connectivity index (χ2v) is 6.87. The van der Waals surface area contributed by atoms with E-state index in [0.29, 0.717) is 22.1 Å². The number of ether oxygens (including phenoxy) is 1. The molecular formula is C19H14Cl3N3O3. The highest BCUT2D eigenvalue weighted by Gasteiger charge is 2.23. The van der Waals surface area contributed by atoms with Crippen LogP contribution < -0.4 is 5.32 Å². The van der Waals surface area contributed by atoms with Crippen LogP contribution in [0.2, 0.25) is 15.2 Å². The molecule has 0 spiro atoms. The van der Waals surface area contributed by atoms with Crippen molar-refractivity contribution in [3.63, 3.8) is 0 Å². The zero-order chi connectivity index (χ0) is 20.3. The van der Waals surface area contributed by atoms with Crippen LogP contribution in [0.3, 0.4) is 0 Å². The number of hydrogen-bond acceptors (Lipinski definition) is 4. The van der Waals surface area contributed by atoms with E-state index in [4.69, 9.17) is 39.5 Å². The van der Waals surface area contributed by atoms with E-state index in [-0.39, 0.29) is 15.7 Å². The first-order valence-corrected chi connectivity index (χ1v) is 9.23. The summed E-state index contributed by atoms with van der Waals surface area (Å²) in [6.07, 6.45) is 0. The van der Waals surface area contributed by atoms with Crippen LogP contribution in [0.1, 0.15) is 16.1 Å². The summed E-state index contributed by atoms with van der Waals surface area (Å²) in [4.78, 5) is 24.5. The minimum Gasteiger partial charge on any atom is -0.452 e. The van der Waals surface area contributed by atoms with Crippen molar-refractivity contribution in [2.45, 2.75) is 6.92 Å². The third-order valence-corrected chi connectivity index (χ3v) is 4.94. The molecule has 0 aliphatic heterocycles. The van der Waals surface area contributed by atoms with Gasteiger partial charge in [-0.2, -0.15) is 5.10 Å². The molecule has 0 saturated heterocycles. The van der Waals surface area contributed by atoms with E-state index in [1.54, 1.807) is 37.3 Å². The molecule has 3 rings (SSSR count). The molecule has 1 aromatic heterocycles. The fourth-order valence-corrected chi connectivity index (χ4v) is 3.16. The van der Waals surface area contributed by atoms with Gasteiger partial charge in [-0.15, -0.1) is 0 Å². The van der Waals surface area contributed by atoms with Crippen LogP contribution in [0.25, 0.3) is 5.69 Å². The Balaban J connectivity index is 1.69. The number of rotatable bonds is 5. The SMILES string of the molecule is Cc1nn(-c2ccccc2)c(Cl)c1C(=O)OCC(=O)Nc1cccc(Cl)c1Cl. The van der Waals surface area contributed by atoms with E-state index >= 15 is 0 Å². The molecule has 0 fully saturated rings. The van der Waals surface area contributed by atoms with Gasteiger partial charge in [-0.25, -0.2) is 9.48 Å². The van der Waals surface area contributed by atoms with Crippen molar-refractivity contribution in [3.8, 4) is 5.69 Å². The molecule has 1 amide bonds. The fraction of sp³-hybridized carbons (Fsp3) is 0.105. The quantitative estimate of drug-likeness (QED) is 0.573. The number of carbonyl (C=O) groups is 2. The average molecular weight is 439 g/mol. The Morgan fingerprint density at radius 2 is 1.79 bits per heavy atom. The van der Waals surface area contributed by atoms with E-state index < -0.39 is 18.5 Å². The third kappa shape index (κ3) is 4.30. The topological polar surface area (TPSA) is 73.2 Å². The molecule has 2 aromatic carbocycles. The summed E-state index contributed by atoms with van der Waals surface area (Å²) < 4.78 is 6.51. The molecule has 0 unspecified atom stereocenters. The zero-order valence-electron chi connectivity index (χ0n) is 14.6. The van der Waals surface area contributed by atoms with Crippen LogP contribution in [0.5, 0.6) is 0 Å². The predicted octanol–water partition coefficient (Wildman–Crippen LogP) is 4.94. The smallest absolute Gasteiger partial charge is 0.343 e. The Hall–Kier alpha value is -2.54. The number of amides is 1. The number of aromatic nitrogens is 2. The summed E-state index contributed by atoms with van der Waals surface area (Å²) in [7, 11) is 0. The number of aryl methyl sites for hydroxylation is 1. The second-order valence-electron chi connectivity index (χ2n) is 5.72. The van der Waals surface area contributed by atoms with Crippen LogP contribution >= 0.6 is 34.8 Å². The number of nitrogens with one attached hydrogen (secondary N) is 1. The van der Waals surface area contributed by atoms with E-state index in [1.807, 2.05) is 18.2 Å². The summed E-state index contributed by atoms with van der Waals surface area (Å²) in [6.45, 7) is 1.11. The minimum absolute atomic E-state index is 0.0964. The van der Waals surface area contributed by atoms with E-state index in [0.717, 1.165) is 0 Å². The summed E-state index contributed by atoms with van der Waals surface area (Å²) >= 11 is 18.2. The number of nitrogens with zero attached hydrogens (tertiary/aromatic N) is 2. The van der Waals surface area contributed by atoms with Gasteiger partial charge in [0.15, 0.2) is 6.61 Å². The van der Waals surface area contributed by atoms with Crippen molar-refractivity contribution in [3.05, 3.63) is 75.0 Å². The number of esters is 1. The van der Waals surface area contributed by atoms with Gasteiger partial charge in [0.2, 0.25) is 0 Å². The number of hydrogen-bond donors (Lipinski definition) is 1. The maximum atomic E-state index is 12.4. The Morgan fingerprint density at radius 3 is 2.50 bits per heavy atom. The largest absolute Gasteiger partial charge is 0.452 e. The molecule has 0 atom stereocenters. The highest BCUT2D eigenvalue weighted by atomic mass is 35.5. The van der Waals surface area contributed by atoms with Crippen molar-refractivity contribution >= 4 is 52.4 Å². The zero-order valence-corrected chi connectivity index (χ0v) is 16.8. The van der Waals surface area contributed by atoms with Crippen LogP contribution in [-0.2, 0) is 9.53 Å². The van der Waals surface area contributed by atoms with Crippen LogP contribution in [0.4, 0.5) is 5.69 Å². The van der Waals surface area contributed by atoms with Gasteiger partial charge in [0.1, 0.15) is 10.7 Å². The molecule has 6 nitrogen and oxygen atoms in total. The van der Waals surface area contributed by atoms with Gasteiger partial charge in [-0.1, -0.05) is 59.1 Å². The molecule has 0 radical (unpaired) electrons. The van der Waals surface area contributed by atoms with Crippen LogP contribution in [0, 0.1) is 6.92 Å². The lowest BCUT2D eigenvalue weighted by Crippen LogP contribution is -2.21. The van der Waals surface area contributed by atoms with Crippen molar-refractivity contribution < 1.29 is 14.3 Å². The van der Waals surface area contributed by atoms with Crippen LogP contribution in [-0.4, -0.2) is 28.3 Å². The Labute approximate surface area is 176 Å². The maximum Gasteiger partial charge on any atom is 0.343 e. The standard InChI is InChI=1S/C19H14Cl3N3O3/c1-11-16(18(22)25(24-11)12-6-3-2-4-7-12)19(27)28-10-15(26)23-14-9-5-8-13(20)17(14)21/h2-9H,10H2,1H3,(H,23,26). The van der Waals surface area contributed by atoms with Crippen LogP contribution in [0.15, 0.2) is 48.5 Å². The van der Waals surface area contributed by atoms with Gasteiger partial charge in [-0.3, -0.25) is 4.79 Å². The fourth-order valence-electron chi connectivity index (χ4n) is 2.46. The summed E-state index contributed by atoms with van der Waals surface area (Å²) in [5.41, 5.74) is 1.50. The highest BCUT2D eigenvalue weighted by Crippen LogP contribution is 2.29. The van der Waals surface area contributed by atoms with Gasteiger partial charge in [0.05, 0.1) is 27.1 Å². The number of para-hydroxylation sites is 1. The predicted molar refractivity (Wildman–Crippen MR) is 109 cm³/mol. The summed E-state index contributed by atoms with van der Waals surface area (Å²) in [5, 5.41) is 7.40. The Morgan fingerprint density at radius 1 is 1.07 bits per heavy atom. The molecule has 1 N–H and O–H groups in total. The number of anilines is 1. The molecule has 0 bridgehead atoms. The first-order chi connectivity index (χ1) is 13.4. The lowest BCUT2D eigenvalue weighted by Gasteiger charge is -2.09. The third-order valence-electron chi connectivity index (χ3n) is 3.77. The molecule has 1 heterocycles. The first kappa shape index (κ1) is 20.2. The maximum absolute atomic E-state index is 12.4. The van der Waals surface area contributed by atoms with E-state index in [2.05, 4.69) is 10.4 Å². The Kier molecular flexibility index (Phi) is 6.24. The molecular weight excluding hydrogens is 425 g/mol. The van der Waals surface area contributed by atoms with Gasteiger partial charge < -0.3 is 10.1 Å². The normalized spacial score (nSPS) is 10.6. The number of benzene rings is 2. The van der Waals surface area contributed by atoms with Crippen molar-refractivity contribution in [1.82, 2.24) is 9.78 Å². The Bertz CT molecular complexity index is 1040. The number of carbonyl (C=O) groups excluding carboxylic acids is 2. The average Bonchev–Trinajstić information content (AvgIpc) is 2.98.